The van der Waals surface area contributed by atoms with Gasteiger partial charge in [-0.25, -0.2) is 0 Å². The Kier molecular flexibility index (Phi) is 3.61. The Morgan fingerprint density at radius 2 is 1.85 bits per heavy atom. The van der Waals surface area contributed by atoms with Crippen molar-refractivity contribution in [3.05, 3.63) is 59.2 Å². The molecular weight excluding hydrogens is 250 g/mol. The fourth-order valence-electron chi connectivity index (χ4n) is 2.78. The van der Waals surface area contributed by atoms with Gasteiger partial charge in [-0.1, -0.05) is 30.3 Å². The first kappa shape index (κ1) is 13.0. The van der Waals surface area contributed by atoms with Gasteiger partial charge < -0.3 is 15.2 Å². The van der Waals surface area contributed by atoms with Crippen molar-refractivity contribution in [2.75, 3.05) is 7.11 Å². The molecule has 104 valence electrons. The summed E-state index contributed by atoms with van der Waals surface area (Å²) in [7, 11) is 1.60. The largest absolute Gasteiger partial charge is 0.507 e. The Balaban J connectivity index is 1.61. The summed E-state index contributed by atoms with van der Waals surface area (Å²) in [5.74, 6) is 0.965. The summed E-state index contributed by atoms with van der Waals surface area (Å²) in [5, 5.41) is 13.5. The van der Waals surface area contributed by atoms with Crippen LogP contribution in [0, 0.1) is 0 Å². The van der Waals surface area contributed by atoms with Crippen LogP contribution in [0.15, 0.2) is 42.5 Å². The summed E-state index contributed by atoms with van der Waals surface area (Å²) < 4.78 is 5.09. The Morgan fingerprint density at radius 3 is 2.45 bits per heavy atom. The fraction of sp³-hybridized carbons (Fsp3) is 0.294. The molecule has 0 bridgehead atoms. The van der Waals surface area contributed by atoms with E-state index in [1.807, 2.05) is 12.1 Å². The molecule has 0 heterocycles. The molecular formula is C17H19NO2. The highest BCUT2D eigenvalue weighted by Crippen LogP contribution is 2.25. The van der Waals surface area contributed by atoms with Crippen molar-refractivity contribution in [3.8, 4) is 11.5 Å². The minimum absolute atomic E-state index is 0.285. The predicted octanol–water partition coefficient (Wildman–Crippen LogP) is 2.66. The van der Waals surface area contributed by atoms with Gasteiger partial charge in [0.25, 0.3) is 0 Å². The zero-order chi connectivity index (χ0) is 13.9. The second-order valence-corrected chi connectivity index (χ2v) is 5.25. The molecule has 2 N–H and O–H groups in total. The van der Waals surface area contributed by atoms with Gasteiger partial charge in [0.2, 0.25) is 0 Å². The van der Waals surface area contributed by atoms with Crippen LogP contribution in [0.4, 0.5) is 0 Å². The van der Waals surface area contributed by atoms with Crippen LogP contribution in [0.25, 0.3) is 0 Å². The Bertz CT molecular complexity index is 585. The second-order valence-electron chi connectivity index (χ2n) is 5.25. The molecule has 20 heavy (non-hydrogen) atoms. The number of fused-ring (bicyclic) bond motifs is 1. The van der Waals surface area contributed by atoms with Gasteiger partial charge in [0, 0.05) is 24.2 Å². The normalized spacial score (nSPS) is 14.2. The Labute approximate surface area is 119 Å². The van der Waals surface area contributed by atoms with E-state index in [0.29, 0.717) is 18.3 Å². The Morgan fingerprint density at radius 1 is 1.15 bits per heavy atom. The number of hydrogen-bond donors (Lipinski definition) is 2. The van der Waals surface area contributed by atoms with Crippen LogP contribution in [0.3, 0.4) is 0 Å². The highest BCUT2D eigenvalue weighted by atomic mass is 16.5. The first-order valence-corrected chi connectivity index (χ1v) is 6.92. The predicted molar refractivity (Wildman–Crippen MR) is 79.1 cm³/mol. The maximum atomic E-state index is 9.95. The van der Waals surface area contributed by atoms with Gasteiger partial charge in [0.1, 0.15) is 11.5 Å². The number of nitrogens with one attached hydrogen (secondary N) is 1. The van der Waals surface area contributed by atoms with E-state index in [1.165, 1.54) is 11.1 Å². The van der Waals surface area contributed by atoms with E-state index in [9.17, 15) is 5.11 Å². The lowest BCUT2D eigenvalue weighted by molar-refractivity contribution is 0.405. The molecule has 3 rings (SSSR count). The van der Waals surface area contributed by atoms with E-state index >= 15 is 0 Å². The van der Waals surface area contributed by atoms with Crippen molar-refractivity contribution in [2.45, 2.75) is 25.4 Å². The van der Waals surface area contributed by atoms with Crippen molar-refractivity contribution < 1.29 is 9.84 Å². The van der Waals surface area contributed by atoms with Gasteiger partial charge in [-0.2, -0.15) is 0 Å². The molecule has 0 fully saturated rings. The van der Waals surface area contributed by atoms with Crippen molar-refractivity contribution in [1.82, 2.24) is 5.32 Å². The highest BCUT2D eigenvalue weighted by Gasteiger charge is 2.20. The molecule has 0 spiro atoms. The van der Waals surface area contributed by atoms with Crippen molar-refractivity contribution in [2.24, 2.45) is 0 Å². The average Bonchev–Trinajstić information content (AvgIpc) is 2.88. The molecule has 2 aromatic rings. The van der Waals surface area contributed by atoms with E-state index in [4.69, 9.17) is 4.74 Å². The summed E-state index contributed by atoms with van der Waals surface area (Å²) in [6.07, 6.45) is 2.13. The van der Waals surface area contributed by atoms with Crippen molar-refractivity contribution in [1.29, 1.82) is 0 Å². The molecule has 0 unspecified atom stereocenters. The van der Waals surface area contributed by atoms with Gasteiger partial charge >= 0.3 is 0 Å². The SMILES string of the molecule is COc1ccc(CNC2Cc3ccccc3C2)c(O)c1. The topological polar surface area (TPSA) is 41.5 Å². The molecule has 0 atom stereocenters. The van der Waals surface area contributed by atoms with Gasteiger partial charge in [-0.3, -0.25) is 0 Å². The first-order valence-electron chi connectivity index (χ1n) is 6.92. The van der Waals surface area contributed by atoms with E-state index in [-0.39, 0.29) is 5.75 Å². The third-order valence-electron chi connectivity index (χ3n) is 3.92. The second kappa shape index (κ2) is 5.55. The van der Waals surface area contributed by atoms with Crippen LogP contribution in [-0.2, 0) is 19.4 Å². The molecule has 0 aliphatic heterocycles. The molecule has 2 aromatic carbocycles. The van der Waals surface area contributed by atoms with Crippen LogP contribution in [0.5, 0.6) is 11.5 Å². The fourth-order valence-corrected chi connectivity index (χ4v) is 2.78. The summed E-state index contributed by atoms with van der Waals surface area (Å²) in [6, 6.07) is 14.5. The van der Waals surface area contributed by atoms with Gasteiger partial charge in [0.05, 0.1) is 7.11 Å². The summed E-state index contributed by atoms with van der Waals surface area (Å²) in [4.78, 5) is 0. The first-order chi connectivity index (χ1) is 9.76. The smallest absolute Gasteiger partial charge is 0.123 e. The standard InChI is InChI=1S/C17H19NO2/c1-20-16-7-6-14(17(19)10-16)11-18-15-8-12-4-2-3-5-13(12)9-15/h2-7,10,15,18-19H,8-9,11H2,1H3. The summed E-state index contributed by atoms with van der Waals surface area (Å²) >= 11 is 0. The van der Waals surface area contributed by atoms with Crippen molar-refractivity contribution in [3.63, 3.8) is 0 Å². The number of ether oxygens (including phenoxy) is 1. The van der Waals surface area contributed by atoms with Crippen LogP contribution in [0.2, 0.25) is 0 Å². The number of rotatable bonds is 4. The Hall–Kier alpha value is -2.00. The molecule has 0 saturated carbocycles. The van der Waals surface area contributed by atoms with Gasteiger partial charge in [-0.05, 0) is 30.0 Å². The van der Waals surface area contributed by atoms with Crippen LogP contribution < -0.4 is 10.1 Å². The maximum Gasteiger partial charge on any atom is 0.123 e. The minimum Gasteiger partial charge on any atom is -0.507 e. The third kappa shape index (κ3) is 2.63. The molecule has 3 nitrogen and oxygen atoms in total. The quantitative estimate of drug-likeness (QED) is 0.896. The molecule has 3 heteroatoms. The number of phenolic OH excluding ortho intramolecular Hbond substituents is 1. The van der Waals surface area contributed by atoms with Crippen LogP contribution in [0.1, 0.15) is 16.7 Å². The van der Waals surface area contributed by atoms with E-state index in [0.717, 1.165) is 18.4 Å². The van der Waals surface area contributed by atoms with E-state index in [2.05, 4.69) is 29.6 Å². The maximum absolute atomic E-state index is 9.95. The average molecular weight is 269 g/mol. The van der Waals surface area contributed by atoms with Gasteiger partial charge in [-0.15, -0.1) is 0 Å². The molecule has 1 aliphatic carbocycles. The minimum atomic E-state index is 0.285. The third-order valence-corrected chi connectivity index (χ3v) is 3.92. The summed E-state index contributed by atoms with van der Waals surface area (Å²) in [5.41, 5.74) is 3.77. The number of benzene rings is 2. The lowest BCUT2D eigenvalue weighted by Crippen LogP contribution is -2.28. The number of aromatic hydroxyl groups is 1. The van der Waals surface area contributed by atoms with Gasteiger partial charge in [0.15, 0.2) is 0 Å². The molecule has 1 aliphatic rings. The number of methoxy groups -OCH3 is 1. The lowest BCUT2D eigenvalue weighted by Gasteiger charge is -2.13. The zero-order valence-electron chi connectivity index (χ0n) is 11.6. The van der Waals surface area contributed by atoms with Crippen LogP contribution in [-0.4, -0.2) is 18.3 Å². The molecule has 0 saturated heterocycles. The summed E-state index contributed by atoms with van der Waals surface area (Å²) in [6.45, 7) is 0.675. The molecule has 0 radical (unpaired) electrons. The molecule has 0 amide bonds. The number of hydrogen-bond acceptors (Lipinski definition) is 3. The highest BCUT2D eigenvalue weighted by molar-refractivity contribution is 5.40. The lowest BCUT2D eigenvalue weighted by atomic mass is 10.1. The number of phenols is 1. The monoisotopic (exact) mass is 269 g/mol. The zero-order valence-corrected chi connectivity index (χ0v) is 11.6. The molecule has 0 aromatic heterocycles. The van der Waals surface area contributed by atoms with E-state index in [1.54, 1.807) is 13.2 Å². The van der Waals surface area contributed by atoms with Crippen molar-refractivity contribution >= 4 is 0 Å². The van der Waals surface area contributed by atoms with E-state index < -0.39 is 0 Å². The van der Waals surface area contributed by atoms with Crippen LogP contribution >= 0.6 is 0 Å².